The Morgan fingerprint density at radius 3 is 2.70 bits per heavy atom. The van der Waals surface area contributed by atoms with Crippen LogP contribution in [0.1, 0.15) is 41.7 Å². The summed E-state index contributed by atoms with van der Waals surface area (Å²) in [6.45, 7) is -0.00669. The molecule has 2 rings (SSSR count). The molecule has 0 aromatic carbocycles. The molecule has 1 heterocycles. The van der Waals surface area contributed by atoms with Crippen LogP contribution in [0.25, 0.3) is 0 Å². The Labute approximate surface area is 117 Å². The minimum absolute atomic E-state index is 0.0214. The van der Waals surface area contributed by atoms with E-state index in [2.05, 4.69) is 4.98 Å². The number of carbonyl (C=O) groups excluding carboxylic acids is 1. The molecule has 0 radical (unpaired) electrons. The predicted octanol–water partition coefficient (Wildman–Crippen LogP) is 1.01. The lowest BCUT2D eigenvalue weighted by atomic mass is 10.1. The first-order valence-electron chi connectivity index (χ1n) is 6.79. The largest absolute Gasteiger partial charge is 0.480 e. The second kappa shape index (κ2) is 6.47. The molecule has 1 aliphatic rings. The van der Waals surface area contributed by atoms with Crippen LogP contribution in [-0.2, 0) is 11.3 Å². The van der Waals surface area contributed by atoms with Crippen molar-refractivity contribution in [3.05, 3.63) is 29.6 Å². The molecule has 1 aliphatic carbocycles. The Morgan fingerprint density at radius 2 is 2.10 bits per heavy atom. The number of rotatable bonds is 5. The zero-order valence-corrected chi connectivity index (χ0v) is 11.3. The molecule has 1 aromatic heterocycles. The van der Waals surface area contributed by atoms with Crippen LogP contribution in [0.5, 0.6) is 0 Å². The molecule has 1 saturated carbocycles. The summed E-state index contributed by atoms with van der Waals surface area (Å²) in [5.74, 6) is -1.24. The fourth-order valence-corrected chi connectivity index (χ4v) is 2.62. The quantitative estimate of drug-likeness (QED) is 0.837. The van der Waals surface area contributed by atoms with Gasteiger partial charge in [0.25, 0.3) is 5.91 Å². The maximum Gasteiger partial charge on any atom is 0.323 e. The van der Waals surface area contributed by atoms with Crippen LogP contribution in [0, 0.1) is 0 Å². The summed E-state index contributed by atoms with van der Waals surface area (Å²) >= 11 is 0. The molecule has 3 N–H and O–H groups in total. The summed E-state index contributed by atoms with van der Waals surface area (Å²) in [7, 11) is 0. The minimum Gasteiger partial charge on any atom is -0.480 e. The predicted molar refractivity (Wildman–Crippen MR) is 73.1 cm³/mol. The second-order valence-electron chi connectivity index (χ2n) is 5.01. The highest BCUT2D eigenvalue weighted by Crippen LogP contribution is 2.24. The summed E-state index contributed by atoms with van der Waals surface area (Å²) in [5.41, 5.74) is 6.59. The van der Waals surface area contributed by atoms with E-state index in [0.29, 0.717) is 11.3 Å². The maximum atomic E-state index is 12.5. The van der Waals surface area contributed by atoms with Crippen LogP contribution in [0.3, 0.4) is 0 Å². The van der Waals surface area contributed by atoms with E-state index >= 15 is 0 Å². The monoisotopic (exact) mass is 277 g/mol. The third-order valence-electron chi connectivity index (χ3n) is 3.60. The number of aliphatic carboxylic acids is 1. The average molecular weight is 277 g/mol. The van der Waals surface area contributed by atoms with Gasteiger partial charge in [-0.1, -0.05) is 12.8 Å². The van der Waals surface area contributed by atoms with Crippen molar-refractivity contribution in [3.8, 4) is 0 Å². The molecule has 0 unspecified atom stereocenters. The maximum absolute atomic E-state index is 12.5. The van der Waals surface area contributed by atoms with Crippen molar-refractivity contribution in [2.45, 2.75) is 38.3 Å². The first-order valence-corrected chi connectivity index (χ1v) is 6.79. The normalized spacial score (nSPS) is 15.2. The molecule has 6 heteroatoms. The Kier molecular flexibility index (Phi) is 4.68. The second-order valence-corrected chi connectivity index (χ2v) is 5.01. The van der Waals surface area contributed by atoms with Gasteiger partial charge in [-0.05, 0) is 25.0 Å². The van der Waals surface area contributed by atoms with Crippen molar-refractivity contribution >= 4 is 11.9 Å². The van der Waals surface area contributed by atoms with E-state index in [4.69, 9.17) is 10.8 Å². The van der Waals surface area contributed by atoms with Gasteiger partial charge in [0.05, 0.1) is 5.69 Å². The van der Waals surface area contributed by atoms with Gasteiger partial charge in [-0.2, -0.15) is 0 Å². The number of hydrogen-bond donors (Lipinski definition) is 2. The van der Waals surface area contributed by atoms with Crippen LogP contribution >= 0.6 is 0 Å². The van der Waals surface area contributed by atoms with Gasteiger partial charge in [0.1, 0.15) is 6.54 Å². The molecule has 0 spiro atoms. The Morgan fingerprint density at radius 1 is 1.40 bits per heavy atom. The molecule has 0 aliphatic heterocycles. The van der Waals surface area contributed by atoms with Crippen LogP contribution < -0.4 is 5.73 Å². The van der Waals surface area contributed by atoms with E-state index in [1.54, 1.807) is 12.1 Å². The van der Waals surface area contributed by atoms with Gasteiger partial charge >= 0.3 is 5.97 Å². The zero-order valence-electron chi connectivity index (χ0n) is 11.3. The number of hydrogen-bond acceptors (Lipinski definition) is 4. The molecule has 0 atom stereocenters. The topological polar surface area (TPSA) is 96.5 Å². The van der Waals surface area contributed by atoms with E-state index in [0.717, 1.165) is 25.7 Å². The number of aromatic nitrogens is 1. The third-order valence-corrected chi connectivity index (χ3v) is 3.60. The van der Waals surface area contributed by atoms with E-state index in [1.165, 1.54) is 11.1 Å². The lowest BCUT2D eigenvalue weighted by molar-refractivity contribution is -0.138. The van der Waals surface area contributed by atoms with Crippen molar-refractivity contribution in [2.24, 2.45) is 5.73 Å². The highest BCUT2D eigenvalue weighted by molar-refractivity contribution is 5.96. The highest BCUT2D eigenvalue weighted by Gasteiger charge is 2.29. The van der Waals surface area contributed by atoms with Crippen molar-refractivity contribution < 1.29 is 14.7 Å². The number of amides is 1. The Balaban J connectivity index is 2.22. The molecule has 0 bridgehead atoms. The third kappa shape index (κ3) is 3.33. The number of carboxylic acid groups (broad SMARTS) is 1. The number of nitrogens with two attached hydrogens (primary N) is 1. The SMILES string of the molecule is NCc1cc(C(=O)N(CC(=O)O)C2CCCC2)ccn1. The lowest BCUT2D eigenvalue weighted by Gasteiger charge is -2.27. The molecule has 0 saturated heterocycles. The van der Waals surface area contributed by atoms with Crippen molar-refractivity contribution in [1.29, 1.82) is 0 Å². The molecular formula is C14H19N3O3. The summed E-state index contributed by atoms with van der Waals surface area (Å²) in [5, 5.41) is 9.01. The number of nitrogens with zero attached hydrogens (tertiary/aromatic N) is 2. The number of carboxylic acids is 1. The summed E-state index contributed by atoms with van der Waals surface area (Å²) in [6, 6.07) is 3.25. The summed E-state index contributed by atoms with van der Waals surface area (Å²) in [4.78, 5) is 29.0. The highest BCUT2D eigenvalue weighted by atomic mass is 16.4. The zero-order chi connectivity index (χ0) is 14.5. The van der Waals surface area contributed by atoms with Gasteiger partial charge in [-0.3, -0.25) is 14.6 Å². The van der Waals surface area contributed by atoms with E-state index in [9.17, 15) is 9.59 Å². The molecular weight excluding hydrogens is 258 g/mol. The Bertz CT molecular complexity index is 498. The molecule has 6 nitrogen and oxygen atoms in total. The summed E-state index contributed by atoms with van der Waals surface area (Å²) in [6.07, 6.45) is 5.35. The van der Waals surface area contributed by atoms with Crippen LogP contribution in [-0.4, -0.2) is 39.5 Å². The van der Waals surface area contributed by atoms with Gasteiger partial charge in [-0.15, -0.1) is 0 Å². The summed E-state index contributed by atoms with van der Waals surface area (Å²) < 4.78 is 0. The van der Waals surface area contributed by atoms with Crippen molar-refractivity contribution in [1.82, 2.24) is 9.88 Å². The molecule has 108 valence electrons. The van der Waals surface area contributed by atoms with Crippen LogP contribution in [0.15, 0.2) is 18.3 Å². The minimum atomic E-state index is -0.988. The number of pyridine rings is 1. The van der Waals surface area contributed by atoms with Gasteiger partial charge in [0, 0.05) is 24.3 Å². The Hall–Kier alpha value is -1.95. The van der Waals surface area contributed by atoms with Gasteiger partial charge < -0.3 is 15.7 Å². The first-order chi connectivity index (χ1) is 9.61. The smallest absolute Gasteiger partial charge is 0.323 e. The molecule has 1 amide bonds. The number of carbonyl (C=O) groups is 2. The van der Waals surface area contributed by atoms with Crippen LogP contribution in [0.2, 0.25) is 0 Å². The lowest BCUT2D eigenvalue weighted by Crippen LogP contribution is -2.42. The van der Waals surface area contributed by atoms with Gasteiger partial charge in [-0.25, -0.2) is 0 Å². The standard InChI is InChI=1S/C14H19N3O3/c15-8-11-7-10(5-6-16-11)14(20)17(9-13(18)19)12-3-1-2-4-12/h5-7,12H,1-4,8-9,15H2,(H,18,19). The fourth-order valence-electron chi connectivity index (χ4n) is 2.62. The van der Waals surface area contributed by atoms with Gasteiger partial charge in [0.2, 0.25) is 0 Å². The van der Waals surface area contributed by atoms with Gasteiger partial charge in [0.15, 0.2) is 0 Å². The van der Waals surface area contributed by atoms with E-state index in [-0.39, 0.29) is 25.0 Å². The molecule has 1 aromatic rings. The fraction of sp³-hybridized carbons (Fsp3) is 0.500. The van der Waals surface area contributed by atoms with Crippen molar-refractivity contribution in [2.75, 3.05) is 6.54 Å². The first kappa shape index (κ1) is 14.5. The molecule has 20 heavy (non-hydrogen) atoms. The van der Waals surface area contributed by atoms with E-state index in [1.807, 2.05) is 0 Å². The average Bonchev–Trinajstić information content (AvgIpc) is 2.98. The van der Waals surface area contributed by atoms with Crippen LogP contribution in [0.4, 0.5) is 0 Å². The molecule has 1 fully saturated rings. The van der Waals surface area contributed by atoms with Crippen molar-refractivity contribution in [3.63, 3.8) is 0 Å². The van der Waals surface area contributed by atoms with E-state index < -0.39 is 5.97 Å².